The number of amides is 2. The lowest BCUT2D eigenvalue weighted by Crippen LogP contribution is -2.35. The Balaban J connectivity index is 2.78. The van der Waals surface area contributed by atoms with Crippen LogP contribution in [0.4, 0.5) is 10.5 Å². The van der Waals surface area contributed by atoms with E-state index in [-0.39, 0.29) is 17.0 Å². The first-order valence-electron chi connectivity index (χ1n) is 7.11. The average molecular weight is 324 g/mol. The Morgan fingerprint density at radius 2 is 1.82 bits per heavy atom. The van der Waals surface area contributed by atoms with E-state index in [0.717, 1.165) is 0 Å². The van der Waals surface area contributed by atoms with Crippen molar-refractivity contribution in [3.05, 3.63) is 36.9 Å². The van der Waals surface area contributed by atoms with Gasteiger partial charge in [-0.3, -0.25) is 0 Å². The zero-order valence-electron chi connectivity index (χ0n) is 13.5. The molecule has 0 saturated heterocycles. The minimum absolute atomic E-state index is 0.0157. The molecule has 0 aliphatic carbocycles. The highest BCUT2D eigenvalue weighted by atomic mass is 32.2. The van der Waals surface area contributed by atoms with Crippen LogP contribution in [0.2, 0.25) is 0 Å². The molecule has 5 nitrogen and oxygen atoms in total. The fraction of sp³-hybridized carbons (Fsp3) is 0.438. The lowest BCUT2D eigenvalue weighted by atomic mass is 10.2. The van der Waals surface area contributed by atoms with Crippen LogP contribution in [0.1, 0.15) is 34.1 Å². The summed E-state index contributed by atoms with van der Waals surface area (Å²) in [6.07, 6.45) is 2.41. The van der Waals surface area contributed by atoms with Crippen LogP contribution in [0.3, 0.4) is 0 Å². The van der Waals surface area contributed by atoms with Crippen LogP contribution in [0.25, 0.3) is 0 Å². The maximum absolute atomic E-state index is 12.3. The largest absolute Gasteiger partial charge is 0.335 e. The molecule has 1 aromatic rings. The molecule has 0 aliphatic heterocycles. The Morgan fingerprint density at radius 3 is 2.27 bits per heavy atom. The average Bonchev–Trinajstić information content (AvgIpc) is 2.37. The molecule has 0 aliphatic rings. The summed E-state index contributed by atoms with van der Waals surface area (Å²) < 4.78 is 23.7. The summed E-state index contributed by atoms with van der Waals surface area (Å²) in [6, 6.07) is 5.82. The zero-order chi connectivity index (χ0) is 17.0. The molecule has 1 rings (SSSR count). The van der Waals surface area contributed by atoms with Crippen LogP contribution >= 0.6 is 0 Å². The molecule has 0 saturated carbocycles. The fourth-order valence-corrected chi connectivity index (χ4v) is 2.97. The Morgan fingerprint density at radius 1 is 1.27 bits per heavy atom. The molecule has 0 aromatic heterocycles. The predicted octanol–water partition coefficient (Wildman–Crippen LogP) is 3.34. The van der Waals surface area contributed by atoms with Gasteiger partial charge in [0.15, 0.2) is 9.84 Å². The maximum Gasteiger partial charge on any atom is 0.319 e. The van der Waals surface area contributed by atoms with E-state index in [4.69, 9.17) is 0 Å². The van der Waals surface area contributed by atoms with Crippen molar-refractivity contribution in [1.29, 1.82) is 0 Å². The Labute approximate surface area is 132 Å². The van der Waals surface area contributed by atoms with Gasteiger partial charge in [0.05, 0.1) is 9.64 Å². The second-order valence-electron chi connectivity index (χ2n) is 6.16. The first-order chi connectivity index (χ1) is 10.1. The first-order valence-corrected chi connectivity index (χ1v) is 8.59. The summed E-state index contributed by atoms with van der Waals surface area (Å²) in [4.78, 5) is 12.0. The van der Waals surface area contributed by atoms with Crippen LogP contribution in [-0.4, -0.2) is 25.2 Å². The SMILES string of the molecule is C=CC[C@H](C)NC(=O)Nc1ccc(S(=O)(=O)C(C)(C)C)cc1. The van der Waals surface area contributed by atoms with Gasteiger partial charge in [-0.1, -0.05) is 6.08 Å². The number of carbonyl (C=O) groups is 1. The number of hydrogen-bond acceptors (Lipinski definition) is 3. The molecule has 1 atom stereocenters. The standard InChI is InChI=1S/C16H24N2O3S/c1-6-7-12(2)17-15(19)18-13-8-10-14(11-9-13)22(20,21)16(3,4)5/h6,8-12H,1,7H2,2-5H3,(H2,17,18,19)/t12-/m0/s1. The summed E-state index contributed by atoms with van der Waals surface area (Å²) >= 11 is 0. The number of urea groups is 1. The highest BCUT2D eigenvalue weighted by molar-refractivity contribution is 7.92. The summed E-state index contributed by atoms with van der Waals surface area (Å²) in [5, 5.41) is 5.43. The summed E-state index contributed by atoms with van der Waals surface area (Å²) in [7, 11) is -3.39. The van der Waals surface area contributed by atoms with E-state index in [9.17, 15) is 13.2 Å². The van der Waals surface area contributed by atoms with E-state index in [1.807, 2.05) is 6.92 Å². The third-order valence-electron chi connectivity index (χ3n) is 3.13. The van der Waals surface area contributed by atoms with Gasteiger partial charge >= 0.3 is 6.03 Å². The lowest BCUT2D eigenvalue weighted by Gasteiger charge is -2.19. The second-order valence-corrected chi connectivity index (χ2v) is 8.87. The van der Waals surface area contributed by atoms with Gasteiger partial charge in [0, 0.05) is 11.7 Å². The van der Waals surface area contributed by atoms with Crippen molar-refractivity contribution in [3.8, 4) is 0 Å². The molecule has 0 fully saturated rings. The van der Waals surface area contributed by atoms with E-state index >= 15 is 0 Å². The maximum atomic E-state index is 12.3. The fourth-order valence-electron chi connectivity index (χ4n) is 1.77. The number of carbonyl (C=O) groups excluding carboxylic acids is 1. The summed E-state index contributed by atoms with van der Waals surface area (Å²) in [5.41, 5.74) is 0.538. The summed E-state index contributed by atoms with van der Waals surface area (Å²) in [6.45, 7) is 10.5. The van der Waals surface area contributed by atoms with Crippen molar-refractivity contribution in [3.63, 3.8) is 0 Å². The monoisotopic (exact) mass is 324 g/mol. The van der Waals surface area contributed by atoms with Gasteiger partial charge in [-0.25, -0.2) is 13.2 Å². The normalized spacial score (nSPS) is 13.3. The van der Waals surface area contributed by atoms with Crippen molar-refractivity contribution in [2.45, 2.75) is 49.8 Å². The minimum Gasteiger partial charge on any atom is -0.335 e. The molecule has 122 valence electrons. The van der Waals surface area contributed by atoms with E-state index in [0.29, 0.717) is 12.1 Å². The smallest absolute Gasteiger partial charge is 0.319 e. The van der Waals surface area contributed by atoms with Crippen molar-refractivity contribution in [2.24, 2.45) is 0 Å². The van der Waals surface area contributed by atoms with Crippen molar-refractivity contribution in [1.82, 2.24) is 5.32 Å². The van der Waals surface area contributed by atoms with Gasteiger partial charge in [0.25, 0.3) is 0 Å². The van der Waals surface area contributed by atoms with E-state index in [2.05, 4.69) is 17.2 Å². The molecule has 2 N–H and O–H groups in total. The predicted molar refractivity (Wildman–Crippen MR) is 89.8 cm³/mol. The number of rotatable bonds is 5. The van der Waals surface area contributed by atoms with Crippen LogP contribution in [0.5, 0.6) is 0 Å². The van der Waals surface area contributed by atoms with Crippen LogP contribution in [-0.2, 0) is 9.84 Å². The van der Waals surface area contributed by atoms with E-state index in [1.54, 1.807) is 39.0 Å². The molecular formula is C16H24N2O3S. The quantitative estimate of drug-likeness (QED) is 0.816. The molecule has 22 heavy (non-hydrogen) atoms. The topological polar surface area (TPSA) is 75.3 Å². The van der Waals surface area contributed by atoms with Gasteiger partial charge in [-0.15, -0.1) is 6.58 Å². The molecule has 6 heteroatoms. The van der Waals surface area contributed by atoms with Gasteiger partial charge in [0.2, 0.25) is 0 Å². The van der Waals surface area contributed by atoms with Crippen molar-refractivity contribution < 1.29 is 13.2 Å². The Hall–Kier alpha value is -1.82. The number of benzene rings is 1. The van der Waals surface area contributed by atoms with E-state index in [1.165, 1.54) is 12.1 Å². The number of hydrogen-bond donors (Lipinski definition) is 2. The van der Waals surface area contributed by atoms with Crippen molar-refractivity contribution in [2.75, 3.05) is 5.32 Å². The van der Waals surface area contributed by atoms with Gasteiger partial charge in [-0.2, -0.15) is 0 Å². The highest BCUT2D eigenvalue weighted by Crippen LogP contribution is 2.25. The number of sulfone groups is 1. The van der Waals surface area contributed by atoms with Crippen molar-refractivity contribution >= 4 is 21.6 Å². The van der Waals surface area contributed by atoms with Gasteiger partial charge in [-0.05, 0) is 58.4 Å². The molecule has 2 amide bonds. The molecule has 0 spiro atoms. The zero-order valence-corrected chi connectivity index (χ0v) is 14.3. The molecule has 0 heterocycles. The molecular weight excluding hydrogens is 300 g/mol. The summed E-state index contributed by atoms with van der Waals surface area (Å²) in [5.74, 6) is 0. The Bertz CT molecular complexity index is 628. The highest BCUT2D eigenvalue weighted by Gasteiger charge is 2.30. The molecule has 0 unspecified atom stereocenters. The third-order valence-corrected chi connectivity index (χ3v) is 5.63. The van der Waals surface area contributed by atoms with Crippen LogP contribution in [0.15, 0.2) is 41.8 Å². The molecule has 0 radical (unpaired) electrons. The van der Waals surface area contributed by atoms with E-state index < -0.39 is 14.6 Å². The molecule has 0 bridgehead atoms. The first kappa shape index (κ1) is 18.2. The number of anilines is 1. The lowest BCUT2D eigenvalue weighted by molar-refractivity contribution is 0.249. The third kappa shape index (κ3) is 4.59. The second kappa shape index (κ2) is 6.96. The van der Waals surface area contributed by atoms with Gasteiger partial charge < -0.3 is 10.6 Å². The minimum atomic E-state index is -3.39. The number of nitrogens with one attached hydrogen (secondary N) is 2. The van der Waals surface area contributed by atoms with Crippen LogP contribution in [0, 0.1) is 0 Å². The molecule has 1 aromatic carbocycles. The van der Waals surface area contributed by atoms with Gasteiger partial charge in [0.1, 0.15) is 0 Å². The van der Waals surface area contributed by atoms with Crippen LogP contribution < -0.4 is 10.6 Å². The Kier molecular flexibility index (Phi) is 5.77.